The number of nitrogens with zero attached hydrogens (tertiary/aromatic N) is 2. The molecule has 2 aromatic rings. The monoisotopic (exact) mass is 291 g/mol. The highest BCUT2D eigenvalue weighted by atomic mass is 35.5. The van der Waals surface area contributed by atoms with Gasteiger partial charge in [-0.1, -0.05) is 12.1 Å². The average Bonchev–Trinajstić information content (AvgIpc) is 2.48. The van der Waals surface area contributed by atoms with Gasteiger partial charge in [0, 0.05) is 24.5 Å². The average molecular weight is 292 g/mol. The number of fused-ring (bicyclic) bond motifs is 1. The van der Waals surface area contributed by atoms with Crippen LogP contribution >= 0.6 is 12.4 Å². The first kappa shape index (κ1) is 14.9. The van der Waals surface area contributed by atoms with Gasteiger partial charge in [0.15, 0.2) is 0 Å². The van der Waals surface area contributed by atoms with Crippen LogP contribution in [0.3, 0.4) is 0 Å². The summed E-state index contributed by atoms with van der Waals surface area (Å²) in [4.78, 5) is 8.15. The molecule has 106 valence electrons. The number of likely N-dealkylation sites (N-methyl/N-ethyl adjacent to an activating group) is 1. The summed E-state index contributed by atoms with van der Waals surface area (Å²) in [7, 11) is 1.95. The quantitative estimate of drug-likeness (QED) is 0.943. The van der Waals surface area contributed by atoms with Gasteiger partial charge >= 0.3 is 0 Å². The molecule has 0 aliphatic carbocycles. The van der Waals surface area contributed by atoms with Gasteiger partial charge in [-0.3, -0.25) is 0 Å². The first-order valence-electron chi connectivity index (χ1n) is 6.53. The smallest absolute Gasteiger partial charge is 0.115 e. The first-order valence-corrected chi connectivity index (χ1v) is 6.53. The van der Waals surface area contributed by atoms with Crippen molar-refractivity contribution in [1.29, 1.82) is 0 Å². The molecule has 4 nitrogen and oxygen atoms in total. The van der Waals surface area contributed by atoms with E-state index in [2.05, 4.69) is 33.5 Å². The zero-order valence-electron chi connectivity index (χ0n) is 11.4. The molecular weight excluding hydrogens is 274 g/mol. The highest BCUT2D eigenvalue weighted by molar-refractivity contribution is 5.85. The highest BCUT2D eigenvalue weighted by Gasteiger charge is 2.20. The standard InChI is InChI=1S/C15H17N3O.ClH/c1-16-9-15-14-6-12(13-7-17-10-18-8-13)3-2-11(14)4-5-19-15;/h2-3,6-8,10,15-16H,4-5,9H2,1H3;1H/t15-;/m1./s1. The first-order chi connectivity index (χ1) is 9.38. The van der Waals surface area contributed by atoms with Gasteiger partial charge in [-0.2, -0.15) is 0 Å². The molecule has 1 aliphatic heterocycles. The minimum atomic E-state index is 0. The molecule has 5 heteroatoms. The summed E-state index contributed by atoms with van der Waals surface area (Å²) in [5.41, 5.74) is 4.85. The van der Waals surface area contributed by atoms with Crippen molar-refractivity contribution in [2.45, 2.75) is 12.5 Å². The Kier molecular flexibility index (Phi) is 5.06. The van der Waals surface area contributed by atoms with Crippen molar-refractivity contribution in [2.24, 2.45) is 0 Å². The van der Waals surface area contributed by atoms with E-state index < -0.39 is 0 Å². The second kappa shape index (κ2) is 6.79. The van der Waals surface area contributed by atoms with Crippen LogP contribution in [0.15, 0.2) is 36.9 Å². The van der Waals surface area contributed by atoms with Crippen LogP contribution in [0, 0.1) is 0 Å². The third-order valence-corrected chi connectivity index (χ3v) is 3.47. The highest BCUT2D eigenvalue weighted by Crippen LogP contribution is 2.30. The van der Waals surface area contributed by atoms with Crippen molar-refractivity contribution in [1.82, 2.24) is 15.3 Å². The summed E-state index contributed by atoms with van der Waals surface area (Å²) < 4.78 is 5.84. The summed E-state index contributed by atoms with van der Waals surface area (Å²) in [5.74, 6) is 0. The van der Waals surface area contributed by atoms with E-state index in [0.29, 0.717) is 0 Å². The molecule has 2 heterocycles. The molecule has 1 atom stereocenters. The van der Waals surface area contributed by atoms with Crippen LogP contribution in [-0.2, 0) is 11.2 Å². The van der Waals surface area contributed by atoms with E-state index >= 15 is 0 Å². The number of hydrogen-bond donors (Lipinski definition) is 1. The van der Waals surface area contributed by atoms with Crippen LogP contribution in [0.1, 0.15) is 17.2 Å². The number of nitrogens with one attached hydrogen (secondary N) is 1. The molecule has 1 N–H and O–H groups in total. The lowest BCUT2D eigenvalue weighted by Gasteiger charge is -2.26. The maximum atomic E-state index is 5.84. The van der Waals surface area contributed by atoms with Gasteiger partial charge in [-0.25, -0.2) is 9.97 Å². The number of benzene rings is 1. The normalized spacial score (nSPS) is 17.1. The number of halogens is 1. The zero-order valence-corrected chi connectivity index (χ0v) is 12.2. The lowest BCUT2D eigenvalue weighted by molar-refractivity contribution is 0.0439. The van der Waals surface area contributed by atoms with Crippen LogP contribution < -0.4 is 5.32 Å². The second-order valence-electron chi connectivity index (χ2n) is 4.71. The number of ether oxygens (including phenoxy) is 1. The van der Waals surface area contributed by atoms with E-state index in [4.69, 9.17) is 4.74 Å². The van der Waals surface area contributed by atoms with Crippen LogP contribution in [0.25, 0.3) is 11.1 Å². The van der Waals surface area contributed by atoms with Crippen LogP contribution in [0.5, 0.6) is 0 Å². The number of hydrogen-bond acceptors (Lipinski definition) is 4. The molecule has 3 rings (SSSR count). The van der Waals surface area contributed by atoms with Gasteiger partial charge in [-0.15, -0.1) is 12.4 Å². The molecule has 1 aliphatic rings. The Hall–Kier alpha value is -1.49. The fourth-order valence-electron chi connectivity index (χ4n) is 2.51. The predicted molar refractivity (Wildman–Crippen MR) is 81.0 cm³/mol. The molecule has 0 unspecified atom stereocenters. The molecule has 1 aromatic carbocycles. The zero-order chi connectivity index (χ0) is 13.1. The van der Waals surface area contributed by atoms with Gasteiger partial charge < -0.3 is 10.1 Å². The summed E-state index contributed by atoms with van der Waals surface area (Å²) in [6.45, 7) is 1.63. The molecule has 0 saturated heterocycles. The van der Waals surface area contributed by atoms with Crippen molar-refractivity contribution in [3.63, 3.8) is 0 Å². The van der Waals surface area contributed by atoms with Crippen molar-refractivity contribution in [3.8, 4) is 11.1 Å². The van der Waals surface area contributed by atoms with Crippen LogP contribution in [0.2, 0.25) is 0 Å². The van der Waals surface area contributed by atoms with Gasteiger partial charge in [0.2, 0.25) is 0 Å². The Balaban J connectivity index is 0.00000147. The molecule has 0 bridgehead atoms. The fraction of sp³-hybridized carbons (Fsp3) is 0.333. The van der Waals surface area contributed by atoms with Crippen molar-refractivity contribution in [3.05, 3.63) is 48.0 Å². The molecule has 0 radical (unpaired) electrons. The van der Waals surface area contributed by atoms with E-state index in [1.807, 2.05) is 19.4 Å². The summed E-state index contributed by atoms with van der Waals surface area (Å²) in [6.07, 6.45) is 6.35. The summed E-state index contributed by atoms with van der Waals surface area (Å²) in [6, 6.07) is 6.54. The van der Waals surface area contributed by atoms with Crippen molar-refractivity contribution >= 4 is 12.4 Å². The van der Waals surface area contributed by atoms with E-state index in [1.165, 1.54) is 11.1 Å². The van der Waals surface area contributed by atoms with E-state index in [9.17, 15) is 0 Å². The molecule has 0 fully saturated rings. The summed E-state index contributed by atoms with van der Waals surface area (Å²) in [5, 5.41) is 3.19. The van der Waals surface area contributed by atoms with Gasteiger partial charge in [0.05, 0.1) is 12.7 Å². The molecule has 0 spiro atoms. The van der Waals surface area contributed by atoms with Crippen LogP contribution in [0.4, 0.5) is 0 Å². The minimum Gasteiger partial charge on any atom is -0.372 e. The third kappa shape index (κ3) is 2.98. The molecular formula is C15H18ClN3O. The third-order valence-electron chi connectivity index (χ3n) is 3.47. The molecule has 1 aromatic heterocycles. The maximum Gasteiger partial charge on any atom is 0.115 e. The van der Waals surface area contributed by atoms with E-state index in [-0.39, 0.29) is 18.5 Å². The Morgan fingerprint density at radius 2 is 2.05 bits per heavy atom. The predicted octanol–water partition coefficient (Wildman–Crippen LogP) is 2.40. The fourth-order valence-corrected chi connectivity index (χ4v) is 2.51. The van der Waals surface area contributed by atoms with Gasteiger partial charge in [0.1, 0.15) is 6.33 Å². The van der Waals surface area contributed by atoms with Crippen molar-refractivity contribution < 1.29 is 4.74 Å². The largest absolute Gasteiger partial charge is 0.372 e. The lowest BCUT2D eigenvalue weighted by atomic mass is 9.93. The minimum absolute atomic E-state index is 0. The van der Waals surface area contributed by atoms with E-state index in [0.717, 1.165) is 30.7 Å². The Morgan fingerprint density at radius 1 is 1.25 bits per heavy atom. The lowest BCUT2D eigenvalue weighted by Crippen LogP contribution is -2.25. The number of rotatable bonds is 3. The molecule has 20 heavy (non-hydrogen) atoms. The Morgan fingerprint density at radius 3 is 2.80 bits per heavy atom. The Bertz CT molecular complexity index is 562. The van der Waals surface area contributed by atoms with Crippen LogP contribution in [-0.4, -0.2) is 30.2 Å². The Labute approximate surface area is 125 Å². The second-order valence-corrected chi connectivity index (χ2v) is 4.71. The SMILES string of the molecule is CNC[C@H]1OCCc2ccc(-c3cncnc3)cc21.Cl. The topological polar surface area (TPSA) is 47.0 Å². The van der Waals surface area contributed by atoms with E-state index in [1.54, 1.807) is 6.33 Å². The summed E-state index contributed by atoms with van der Waals surface area (Å²) >= 11 is 0. The molecule has 0 amide bonds. The maximum absolute atomic E-state index is 5.84. The number of aromatic nitrogens is 2. The van der Waals surface area contributed by atoms with Gasteiger partial charge in [0.25, 0.3) is 0 Å². The molecule has 0 saturated carbocycles. The van der Waals surface area contributed by atoms with Gasteiger partial charge in [-0.05, 0) is 36.2 Å². The van der Waals surface area contributed by atoms with Crippen molar-refractivity contribution in [2.75, 3.05) is 20.2 Å².